The number of carbonyl (C=O) groups excluding carboxylic acids is 4. The molecule has 0 spiro atoms. The Bertz CT molecular complexity index is 1220. The molecule has 4 rings (SSSR count). The smallest absolute Gasteiger partial charge is 0.338 e. The fraction of sp³-hybridized carbons (Fsp3) is 0.143. The van der Waals surface area contributed by atoms with Gasteiger partial charge in [-0.05, 0) is 18.2 Å². The van der Waals surface area contributed by atoms with Crippen molar-refractivity contribution in [3.8, 4) is 0 Å². The first-order chi connectivity index (χ1) is 15.3. The SMILES string of the molecule is COC(=O)C1=C2c3ccccc3C(=O)N2N(C(=O)c2ccc([N+](=O)[O-])cc2)C1C(=O)OC. The summed E-state index contributed by atoms with van der Waals surface area (Å²) in [5.41, 5.74) is 0.112. The molecule has 32 heavy (non-hydrogen) atoms. The molecule has 0 bridgehead atoms. The molecule has 11 nitrogen and oxygen atoms in total. The van der Waals surface area contributed by atoms with Crippen LogP contribution < -0.4 is 0 Å². The number of carbonyl (C=O) groups is 4. The van der Waals surface area contributed by atoms with Gasteiger partial charge in [0.1, 0.15) is 0 Å². The van der Waals surface area contributed by atoms with Gasteiger partial charge in [-0.2, -0.15) is 0 Å². The Morgan fingerprint density at radius 3 is 2.16 bits per heavy atom. The van der Waals surface area contributed by atoms with E-state index in [9.17, 15) is 29.3 Å². The number of nitrogens with zero attached hydrogens (tertiary/aromatic N) is 3. The largest absolute Gasteiger partial charge is 0.467 e. The second-order valence-electron chi connectivity index (χ2n) is 6.80. The van der Waals surface area contributed by atoms with Crippen LogP contribution in [0.4, 0.5) is 5.69 Å². The van der Waals surface area contributed by atoms with E-state index in [-0.39, 0.29) is 28.1 Å². The van der Waals surface area contributed by atoms with Gasteiger partial charge >= 0.3 is 11.9 Å². The molecule has 2 aliphatic heterocycles. The number of esters is 2. The number of rotatable bonds is 4. The Hall–Kier alpha value is -4.54. The van der Waals surface area contributed by atoms with Crippen LogP contribution in [-0.2, 0) is 19.1 Å². The second-order valence-corrected chi connectivity index (χ2v) is 6.80. The maximum absolute atomic E-state index is 13.4. The van der Waals surface area contributed by atoms with Crippen molar-refractivity contribution in [3.63, 3.8) is 0 Å². The standard InChI is InChI=1S/C21H15N3O8/c1-31-20(27)15-16-13-5-3-4-6-14(13)19(26)22(16)23(17(15)21(28)32-2)18(25)11-7-9-12(10-8-11)24(29)30/h3-10,17H,1-2H3. The second kappa shape index (κ2) is 7.61. The lowest BCUT2D eigenvalue weighted by Gasteiger charge is -2.30. The molecular formula is C21H15N3O8. The van der Waals surface area contributed by atoms with Gasteiger partial charge in [0, 0.05) is 23.3 Å². The Labute approximate surface area is 180 Å². The van der Waals surface area contributed by atoms with E-state index in [2.05, 4.69) is 0 Å². The van der Waals surface area contributed by atoms with Crippen molar-refractivity contribution in [2.24, 2.45) is 0 Å². The van der Waals surface area contributed by atoms with Crippen LogP contribution in [0, 0.1) is 10.1 Å². The van der Waals surface area contributed by atoms with E-state index in [1.54, 1.807) is 18.2 Å². The molecule has 2 aromatic carbocycles. The number of hydrazine groups is 1. The Morgan fingerprint density at radius 1 is 0.969 bits per heavy atom. The molecule has 0 aromatic heterocycles. The molecule has 2 heterocycles. The van der Waals surface area contributed by atoms with Gasteiger partial charge in [-0.1, -0.05) is 18.2 Å². The van der Waals surface area contributed by atoms with E-state index < -0.39 is 34.7 Å². The Kier molecular flexibility index (Phi) is 4.93. The molecule has 162 valence electrons. The van der Waals surface area contributed by atoms with Gasteiger partial charge in [0.2, 0.25) is 0 Å². The number of ether oxygens (including phenoxy) is 2. The average molecular weight is 437 g/mol. The summed E-state index contributed by atoms with van der Waals surface area (Å²) in [6.45, 7) is 0. The zero-order valence-electron chi connectivity index (χ0n) is 16.8. The topological polar surface area (TPSA) is 136 Å². The quantitative estimate of drug-likeness (QED) is 0.399. The molecule has 0 N–H and O–H groups in total. The van der Waals surface area contributed by atoms with Gasteiger partial charge in [-0.25, -0.2) is 19.6 Å². The molecule has 2 amide bonds. The summed E-state index contributed by atoms with van der Waals surface area (Å²) in [6.07, 6.45) is 0. The van der Waals surface area contributed by atoms with Gasteiger partial charge in [-0.3, -0.25) is 19.7 Å². The number of fused-ring (bicyclic) bond motifs is 3. The Morgan fingerprint density at radius 2 is 1.59 bits per heavy atom. The highest BCUT2D eigenvalue weighted by atomic mass is 16.6. The lowest BCUT2D eigenvalue weighted by Crippen LogP contribution is -2.51. The zero-order chi connectivity index (χ0) is 23.2. The third-order valence-corrected chi connectivity index (χ3v) is 5.17. The van der Waals surface area contributed by atoms with Crippen LogP contribution >= 0.6 is 0 Å². The first kappa shape index (κ1) is 20.7. The predicted octanol–water partition coefficient (Wildman–Crippen LogP) is 1.55. The average Bonchev–Trinajstić information content (AvgIpc) is 3.31. The number of nitro benzene ring substituents is 1. The summed E-state index contributed by atoms with van der Waals surface area (Å²) in [6, 6.07) is 9.40. The summed E-state index contributed by atoms with van der Waals surface area (Å²) in [7, 11) is 2.19. The molecule has 0 saturated heterocycles. The van der Waals surface area contributed by atoms with Crippen molar-refractivity contribution in [2.75, 3.05) is 14.2 Å². The van der Waals surface area contributed by atoms with Crippen molar-refractivity contribution >= 4 is 35.1 Å². The number of nitro groups is 1. The predicted molar refractivity (Wildman–Crippen MR) is 107 cm³/mol. The number of hydrogen-bond acceptors (Lipinski definition) is 8. The molecule has 0 aliphatic carbocycles. The lowest BCUT2D eigenvalue weighted by atomic mass is 10.00. The van der Waals surface area contributed by atoms with Crippen LogP contribution in [0.25, 0.3) is 5.70 Å². The van der Waals surface area contributed by atoms with Crippen LogP contribution in [0.15, 0.2) is 54.1 Å². The maximum atomic E-state index is 13.4. The van der Waals surface area contributed by atoms with Crippen molar-refractivity contribution in [3.05, 3.63) is 80.9 Å². The summed E-state index contributed by atoms with van der Waals surface area (Å²) >= 11 is 0. The zero-order valence-corrected chi connectivity index (χ0v) is 16.8. The van der Waals surface area contributed by atoms with Crippen molar-refractivity contribution < 1.29 is 33.6 Å². The molecular weight excluding hydrogens is 422 g/mol. The maximum Gasteiger partial charge on any atom is 0.338 e. The molecule has 11 heteroatoms. The molecule has 2 aliphatic rings. The fourth-order valence-corrected chi connectivity index (χ4v) is 3.75. The molecule has 0 saturated carbocycles. The van der Waals surface area contributed by atoms with Gasteiger partial charge in [-0.15, -0.1) is 0 Å². The van der Waals surface area contributed by atoms with Crippen molar-refractivity contribution in [1.82, 2.24) is 10.0 Å². The Balaban J connectivity index is 1.90. The molecule has 2 aromatic rings. The van der Waals surface area contributed by atoms with Gasteiger partial charge in [0.25, 0.3) is 17.5 Å². The van der Waals surface area contributed by atoms with E-state index >= 15 is 0 Å². The normalized spacial score (nSPS) is 16.6. The van der Waals surface area contributed by atoms with E-state index in [1.807, 2.05) is 0 Å². The minimum atomic E-state index is -1.59. The van der Waals surface area contributed by atoms with Crippen LogP contribution in [0.1, 0.15) is 26.3 Å². The summed E-state index contributed by atoms with van der Waals surface area (Å²) in [5, 5.41) is 12.7. The van der Waals surface area contributed by atoms with Crippen molar-refractivity contribution in [1.29, 1.82) is 0 Å². The minimum Gasteiger partial charge on any atom is -0.467 e. The van der Waals surface area contributed by atoms with Crippen molar-refractivity contribution in [2.45, 2.75) is 6.04 Å². The molecule has 1 unspecified atom stereocenters. The monoisotopic (exact) mass is 437 g/mol. The van der Waals surface area contributed by atoms with E-state index in [0.29, 0.717) is 5.56 Å². The first-order valence-corrected chi connectivity index (χ1v) is 9.24. The highest BCUT2D eigenvalue weighted by molar-refractivity contribution is 6.19. The summed E-state index contributed by atoms with van der Waals surface area (Å²) in [5.74, 6) is -3.34. The lowest BCUT2D eigenvalue weighted by molar-refractivity contribution is -0.384. The van der Waals surface area contributed by atoms with Crippen LogP contribution in [0.5, 0.6) is 0 Å². The summed E-state index contributed by atoms with van der Waals surface area (Å²) in [4.78, 5) is 62.3. The fourth-order valence-electron chi connectivity index (χ4n) is 3.75. The number of hydrogen-bond donors (Lipinski definition) is 0. The highest BCUT2D eigenvalue weighted by Crippen LogP contribution is 2.44. The molecule has 0 radical (unpaired) electrons. The van der Waals surface area contributed by atoms with E-state index in [0.717, 1.165) is 36.4 Å². The van der Waals surface area contributed by atoms with Crippen LogP contribution in [-0.4, -0.2) is 59.0 Å². The molecule has 1 atom stereocenters. The van der Waals surface area contributed by atoms with E-state index in [4.69, 9.17) is 9.47 Å². The molecule has 0 fully saturated rings. The number of non-ortho nitro benzene ring substituents is 1. The number of benzene rings is 2. The van der Waals surface area contributed by atoms with Gasteiger partial charge in [0.05, 0.1) is 36.0 Å². The van der Waals surface area contributed by atoms with Crippen LogP contribution in [0.2, 0.25) is 0 Å². The van der Waals surface area contributed by atoms with E-state index in [1.165, 1.54) is 18.2 Å². The van der Waals surface area contributed by atoms with Gasteiger partial charge < -0.3 is 9.47 Å². The summed E-state index contributed by atoms with van der Waals surface area (Å²) < 4.78 is 9.65. The number of amides is 2. The highest BCUT2D eigenvalue weighted by Gasteiger charge is 2.55. The number of methoxy groups -OCH3 is 2. The minimum absolute atomic E-state index is 0.0428. The van der Waals surface area contributed by atoms with Crippen LogP contribution in [0.3, 0.4) is 0 Å². The van der Waals surface area contributed by atoms with Gasteiger partial charge in [0.15, 0.2) is 6.04 Å². The third kappa shape index (κ3) is 2.90. The third-order valence-electron chi connectivity index (χ3n) is 5.17. The first-order valence-electron chi connectivity index (χ1n) is 9.24.